The molecule has 0 bridgehead atoms. The minimum atomic E-state index is 0.390. The zero-order valence-corrected chi connectivity index (χ0v) is 12.4. The lowest BCUT2D eigenvalue weighted by Crippen LogP contribution is -1.99. The van der Waals surface area contributed by atoms with Gasteiger partial charge in [0.2, 0.25) is 0 Å². The van der Waals surface area contributed by atoms with Gasteiger partial charge in [-0.25, -0.2) is 0 Å². The van der Waals surface area contributed by atoms with Crippen LogP contribution in [0.2, 0.25) is 10.0 Å². The molecule has 2 rings (SSSR count). The molecule has 0 aliphatic carbocycles. The largest absolute Gasteiger partial charge is 0.455 e. The van der Waals surface area contributed by atoms with Crippen molar-refractivity contribution in [1.82, 2.24) is 0 Å². The van der Waals surface area contributed by atoms with Crippen LogP contribution in [0.1, 0.15) is 5.56 Å². The number of rotatable bonds is 3. The lowest BCUT2D eigenvalue weighted by Gasteiger charge is -2.12. The van der Waals surface area contributed by atoms with Crippen molar-refractivity contribution in [3.63, 3.8) is 0 Å². The van der Waals surface area contributed by atoms with Gasteiger partial charge in [-0.1, -0.05) is 45.2 Å². The van der Waals surface area contributed by atoms with Crippen LogP contribution in [0, 0.1) is 0 Å². The van der Waals surface area contributed by atoms with Gasteiger partial charge < -0.3 is 10.5 Å². The fourth-order valence-corrected chi connectivity index (χ4v) is 2.12. The van der Waals surface area contributed by atoms with Gasteiger partial charge in [-0.3, -0.25) is 0 Å². The van der Waals surface area contributed by atoms with Crippen LogP contribution in [0.4, 0.5) is 0 Å². The Kier molecular flexibility index (Phi) is 4.51. The van der Waals surface area contributed by atoms with E-state index in [0.29, 0.717) is 28.1 Å². The van der Waals surface area contributed by atoms with Crippen molar-refractivity contribution in [2.45, 2.75) is 6.54 Å². The maximum absolute atomic E-state index is 6.05. The standard InChI is InChI=1S/C13H10BrCl2NO/c14-9-2-1-8(7-17)12(5-9)18-13-6-10(15)3-4-11(13)16/h1-6H,7,17H2. The van der Waals surface area contributed by atoms with Gasteiger partial charge in [0, 0.05) is 27.7 Å². The van der Waals surface area contributed by atoms with Crippen molar-refractivity contribution >= 4 is 39.1 Å². The zero-order chi connectivity index (χ0) is 13.1. The second-order valence-corrected chi connectivity index (χ2v) is 5.39. The molecule has 2 N–H and O–H groups in total. The van der Waals surface area contributed by atoms with E-state index in [1.54, 1.807) is 18.2 Å². The van der Waals surface area contributed by atoms with E-state index >= 15 is 0 Å². The molecule has 18 heavy (non-hydrogen) atoms. The molecule has 0 aliphatic heterocycles. The number of benzene rings is 2. The summed E-state index contributed by atoms with van der Waals surface area (Å²) in [6.07, 6.45) is 0. The second kappa shape index (κ2) is 5.93. The lowest BCUT2D eigenvalue weighted by atomic mass is 10.2. The maximum atomic E-state index is 6.05. The van der Waals surface area contributed by atoms with Gasteiger partial charge in [-0.2, -0.15) is 0 Å². The van der Waals surface area contributed by atoms with E-state index < -0.39 is 0 Å². The molecule has 0 unspecified atom stereocenters. The molecule has 0 saturated carbocycles. The van der Waals surface area contributed by atoms with E-state index in [9.17, 15) is 0 Å². The van der Waals surface area contributed by atoms with Crippen LogP contribution >= 0.6 is 39.1 Å². The molecule has 5 heteroatoms. The summed E-state index contributed by atoms with van der Waals surface area (Å²) in [6.45, 7) is 0.390. The number of hydrogen-bond donors (Lipinski definition) is 1. The van der Waals surface area contributed by atoms with Crippen LogP contribution in [0.25, 0.3) is 0 Å². The van der Waals surface area contributed by atoms with Crippen LogP contribution in [-0.4, -0.2) is 0 Å². The molecule has 0 fully saturated rings. The molecule has 0 spiro atoms. The van der Waals surface area contributed by atoms with Crippen LogP contribution in [-0.2, 0) is 6.54 Å². The topological polar surface area (TPSA) is 35.2 Å². The van der Waals surface area contributed by atoms with E-state index in [4.69, 9.17) is 33.7 Å². The maximum Gasteiger partial charge on any atom is 0.147 e. The summed E-state index contributed by atoms with van der Waals surface area (Å²) in [4.78, 5) is 0. The minimum absolute atomic E-state index is 0.390. The summed E-state index contributed by atoms with van der Waals surface area (Å²) in [5.74, 6) is 1.17. The fraction of sp³-hybridized carbons (Fsp3) is 0.0769. The van der Waals surface area contributed by atoms with Crippen LogP contribution in [0.5, 0.6) is 11.5 Å². The Morgan fingerprint density at radius 1 is 1.06 bits per heavy atom. The van der Waals surface area contributed by atoms with Gasteiger partial charge in [0.15, 0.2) is 0 Å². The molecule has 0 amide bonds. The van der Waals surface area contributed by atoms with Gasteiger partial charge in [0.1, 0.15) is 11.5 Å². The van der Waals surface area contributed by atoms with Crippen molar-refractivity contribution in [3.05, 3.63) is 56.5 Å². The Bertz CT molecular complexity index is 575. The smallest absolute Gasteiger partial charge is 0.147 e. The van der Waals surface area contributed by atoms with Crippen molar-refractivity contribution in [3.8, 4) is 11.5 Å². The Labute approximate surface area is 124 Å². The van der Waals surface area contributed by atoms with Crippen molar-refractivity contribution in [1.29, 1.82) is 0 Å². The highest BCUT2D eigenvalue weighted by Crippen LogP contribution is 2.34. The Morgan fingerprint density at radius 2 is 1.83 bits per heavy atom. The SMILES string of the molecule is NCc1ccc(Br)cc1Oc1cc(Cl)ccc1Cl. The number of ether oxygens (including phenoxy) is 1. The summed E-state index contributed by atoms with van der Waals surface area (Å²) in [7, 11) is 0. The molecular formula is C13H10BrCl2NO. The first-order valence-electron chi connectivity index (χ1n) is 5.21. The third-order valence-corrected chi connectivity index (χ3v) is 3.40. The predicted octanol–water partition coefficient (Wildman–Crippen LogP) is 5.01. The van der Waals surface area contributed by atoms with Gasteiger partial charge in [0.05, 0.1) is 5.02 Å². The van der Waals surface area contributed by atoms with Crippen molar-refractivity contribution in [2.24, 2.45) is 5.73 Å². The highest BCUT2D eigenvalue weighted by molar-refractivity contribution is 9.10. The first-order chi connectivity index (χ1) is 8.60. The van der Waals surface area contributed by atoms with Crippen LogP contribution in [0.15, 0.2) is 40.9 Å². The van der Waals surface area contributed by atoms with Crippen LogP contribution in [0.3, 0.4) is 0 Å². The normalized spacial score (nSPS) is 10.4. The Balaban J connectivity index is 2.38. The summed E-state index contributed by atoms with van der Waals surface area (Å²) in [5, 5.41) is 1.07. The predicted molar refractivity (Wildman–Crippen MR) is 78.6 cm³/mol. The average molecular weight is 347 g/mol. The molecule has 2 aromatic carbocycles. The van der Waals surface area contributed by atoms with Gasteiger partial charge in [0.25, 0.3) is 0 Å². The summed E-state index contributed by atoms with van der Waals surface area (Å²) in [6, 6.07) is 10.7. The second-order valence-electron chi connectivity index (χ2n) is 3.63. The van der Waals surface area contributed by atoms with E-state index in [1.807, 2.05) is 18.2 Å². The molecule has 0 atom stereocenters. The highest BCUT2D eigenvalue weighted by atomic mass is 79.9. The summed E-state index contributed by atoms with van der Waals surface area (Å²) in [5.41, 5.74) is 6.57. The molecule has 0 radical (unpaired) electrons. The van der Waals surface area contributed by atoms with Crippen LogP contribution < -0.4 is 10.5 Å². The summed E-state index contributed by atoms with van der Waals surface area (Å²) >= 11 is 15.4. The van der Waals surface area contributed by atoms with Gasteiger partial charge >= 0.3 is 0 Å². The molecule has 0 heterocycles. The molecule has 94 valence electrons. The average Bonchev–Trinajstić information content (AvgIpc) is 2.34. The first-order valence-corrected chi connectivity index (χ1v) is 6.76. The fourth-order valence-electron chi connectivity index (χ4n) is 1.47. The monoisotopic (exact) mass is 345 g/mol. The molecular weight excluding hydrogens is 337 g/mol. The third-order valence-electron chi connectivity index (χ3n) is 2.36. The van der Waals surface area contributed by atoms with E-state index in [-0.39, 0.29) is 0 Å². The van der Waals surface area contributed by atoms with E-state index in [0.717, 1.165) is 10.0 Å². The quantitative estimate of drug-likeness (QED) is 0.848. The number of nitrogens with two attached hydrogens (primary N) is 1. The van der Waals surface area contributed by atoms with Crippen molar-refractivity contribution in [2.75, 3.05) is 0 Å². The molecule has 2 aromatic rings. The lowest BCUT2D eigenvalue weighted by molar-refractivity contribution is 0.476. The van der Waals surface area contributed by atoms with E-state index in [2.05, 4.69) is 15.9 Å². The Hall–Kier alpha value is -0.740. The van der Waals surface area contributed by atoms with Gasteiger partial charge in [-0.05, 0) is 24.3 Å². The zero-order valence-electron chi connectivity index (χ0n) is 9.29. The third kappa shape index (κ3) is 3.18. The number of halogens is 3. The minimum Gasteiger partial charge on any atom is -0.455 e. The Morgan fingerprint density at radius 3 is 2.56 bits per heavy atom. The van der Waals surface area contributed by atoms with Crippen molar-refractivity contribution < 1.29 is 4.74 Å². The highest BCUT2D eigenvalue weighted by Gasteiger charge is 2.08. The molecule has 0 aromatic heterocycles. The summed E-state index contributed by atoms with van der Waals surface area (Å²) < 4.78 is 6.68. The molecule has 0 aliphatic rings. The van der Waals surface area contributed by atoms with E-state index in [1.165, 1.54) is 0 Å². The first kappa shape index (κ1) is 13.7. The molecule has 0 saturated heterocycles. The molecule has 2 nitrogen and oxygen atoms in total. The number of hydrogen-bond acceptors (Lipinski definition) is 2. The van der Waals surface area contributed by atoms with Gasteiger partial charge in [-0.15, -0.1) is 0 Å².